The van der Waals surface area contributed by atoms with Crippen molar-refractivity contribution in [1.29, 1.82) is 0 Å². The molecule has 0 heterocycles. The Balaban J connectivity index is 2.50. The van der Waals surface area contributed by atoms with Gasteiger partial charge in [0.25, 0.3) is 0 Å². The molecule has 0 aliphatic rings. The van der Waals surface area contributed by atoms with Crippen molar-refractivity contribution < 1.29 is 4.39 Å². The predicted molar refractivity (Wildman–Crippen MR) is 75.2 cm³/mol. The van der Waals surface area contributed by atoms with Crippen LogP contribution in [0.3, 0.4) is 0 Å². The van der Waals surface area contributed by atoms with E-state index >= 15 is 0 Å². The lowest BCUT2D eigenvalue weighted by Gasteiger charge is -2.18. The van der Waals surface area contributed by atoms with E-state index in [1.807, 2.05) is 23.9 Å². The van der Waals surface area contributed by atoms with E-state index in [-0.39, 0.29) is 5.82 Å². The van der Waals surface area contributed by atoms with Gasteiger partial charge in [0.05, 0.1) is 0 Å². The van der Waals surface area contributed by atoms with Gasteiger partial charge in [-0.05, 0) is 35.9 Å². The number of hydrogen-bond acceptors (Lipinski definition) is 2. The molecule has 0 saturated heterocycles. The Morgan fingerprint density at radius 1 is 1.24 bits per heavy atom. The van der Waals surface area contributed by atoms with Gasteiger partial charge in [0.1, 0.15) is 5.82 Å². The van der Waals surface area contributed by atoms with E-state index in [1.54, 1.807) is 0 Å². The van der Waals surface area contributed by atoms with Crippen LogP contribution in [0.15, 0.2) is 24.3 Å². The minimum absolute atomic E-state index is 0.162. The zero-order chi connectivity index (χ0) is 12.7. The molecule has 0 fully saturated rings. The summed E-state index contributed by atoms with van der Waals surface area (Å²) in [5.74, 6) is 0.938. The van der Waals surface area contributed by atoms with Crippen molar-refractivity contribution >= 4 is 11.8 Å². The van der Waals surface area contributed by atoms with E-state index in [0.717, 1.165) is 18.7 Å². The van der Waals surface area contributed by atoms with Crippen molar-refractivity contribution in [3.8, 4) is 0 Å². The molecule has 1 nitrogen and oxygen atoms in total. The van der Waals surface area contributed by atoms with Gasteiger partial charge in [0, 0.05) is 11.8 Å². The molecule has 0 aromatic heterocycles. The summed E-state index contributed by atoms with van der Waals surface area (Å²) in [7, 11) is 0. The Morgan fingerprint density at radius 3 is 2.41 bits per heavy atom. The van der Waals surface area contributed by atoms with Crippen molar-refractivity contribution in [3.63, 3.8) is 0 Å². The molecule has 0 spiro atoms. The summed E-state index contributed by atoms with van der Waals surface area (Å²) in [5.41, 5.74) is 1.20. The van der Waals surface area contributed by atoms with Crippen LogP contribution in [0, 0.1) is 5.82 Å². The summed E-state index contributed by atoms with van der Waals surface area (Å²) in [4.78, 5) is 0. The topological polar surface area (TPSA) is 12.0 Å². The van der Waals surface area contributed by atoms with Gasteiger partial charge in [-0.25, -0.2) is 4.39 Å². The SMILES string of the molecule is CCNC(CSC(C)C)Cc1ccc(F)cc1. The van der Waals surface area contributed by atoms with E-state index in [0.29, 0.717) is 11.3 Å². The van der Waals surface area contributed by atoms with Gasteiger partial charge in [-0.1, -0.05) is 32.9 Å². The number of rotatable bonds is 7. The summed E-state index contributed by atoms with van der Waals surface area (Å²) in [6.07, 6.45) is 0.966. The van der Waals surface area contributed by atoms with Gasteiger partial charge in [-0.3, -0.25) is 0 Å². The maximum Gasteiger partial charge on any atom is 0.123 e. The average molecular weight is 255 g/mol. The molecule has 1 rings (SSSR count). The number of thioether (sulfide) groups is 1. The zero-order valence-electron chi connectivity index (χ0n) is 10.9. The van der Waals surface area contributed by atoms with Gasteiger partial charge >= 0.3 is 0 Å². The van der Waals surface area contributed by atoms with Gasteiger partial charge < -0.3 is 5.32 Å². The summed E-state index contributed by atoms with van der Waals surface area (Å²) in [5, 5.41) is 4.14. The third-order valence-corrected chi connectivity index (χ3v) is 3.78. The first-order valence-corrected chi connectivity index (χ1v) is 7.26. The number of likely N-dealkylation sites (N-methyl/N-ethyl adjacent to an activating group) is 1. The van der Waals surface area contributed by atoms with Crippen LogP contribution < -0.4 is 5.32 Å². The molecule has 0 amide bonds. The first kappa shape index (κ1) is 14.5. The lowest BCUT2D eigenvalue weighted by atomic mass is 10.1. The number of halogens is 1. The third-order valence-electron chi connectivity index (χ3n) is 2.52. The third kappa shape index (κ3) is 6.08. The van der Waals surface area contributed by atoms with Crippen LogP contribution in [-0.2, 0) is 6.42 Å². The Labute approximate surface area is 108 Å². The van der Waals surface area contributed by atoms with Crippen molar-refractivity contribution in [2.75, 3.05) is 12.3 Å². The van der Waals surface area contributed by atoms with Crippen molar-refractivity contribution in [1.82, 2.24) is 5.32 Å². The summed E-state index contributed by atoms with van der Waals surface area (Å²) >= 11 is 1.97. The fraction of sp³-hybridized carbons (Fsp3) is 0.571. The maximum atomic E-state index is 12.8. The molecular formula is C14H22FNS. The van der Waals surface area contributed by atoms with Crippen LogP contribution >= 0.6 is 11.8 Å². The van der Waals surface area contributed by atoms with Gasteiger partial charge in [-0.15, -0.1) is 0 Å². The fourth-order valence-corrected chi connectivity index (χ4v) is 2.55. The van der Waals surface area contributed by atoms with Crippen LogP contribution in [0.25, 0.3) is 0 Å². The van der Waals surface area contributed by atoms with E-state index in [1.165, 1.54) is 17.7 Å². The Kier molecular flexibility index (Phi) is 6.60. The molecule has 1 aromatic rings. The standard InChI is InChI=1S/C14H22FNS/c1-4-16-14(10-17-11(2)3)9-12-5-7-13(15)8-6-12/h5-8,11,14,16H,4,9-10H2,1-3H3. The number of hydrogen-bond donors (Lipinski definition) is 1. The molecular weight excluding hydrogens is 233 g/mol. The largest absolute Gasteiger partial charge is 0.313 e. The highest BCUT2D eigenvalue weighted by molar-refractivity contribution is 7.99. The first-order chi connectivity index (χ1) is 8.11. The van der Waals surface area contributed by atoms with Crippen LogP contribution in [0.1, 0.15) is 26.3 Å². The smallest absolute Gasteiger partial charge is 0.123 e. The highest BCUT2D eigenvalue weighted by Crippen LogP contribution is 2.14. The first-order valence-electron chi connectivity index (χ1n) is 6.21. The lowest BCUT2D eigenvalue weighted by molar-refractivity contribution is 0.570. The summed E-state index contributed by atoms with van der Waals surface area (Å²) in [6, 6.07) is 7.29. The number of benzene rings is 1. The summed E-state index contributed by atoms with van der Waals surface area (Å²) < 4.78 is 12.8. The molecule has 0 radical (unpaired) electrons. The lowest BCUT2D eigenvalue weighted by Crippen LogP contribution is -2.33. The highest BCUT2D eigenvalue weighted by atomic mass is 32.2. The van der Waals surface area contributed by atoms with E-state index < -0.39 is 0 Å². The van der Waals surface area contributed by atoms with Crippen molar-refractivity contribution in [2.24, 2.45) is 0 Å². The Hall–Kier alpha value is -0.540. The number of nitrogens with one attached hydrogen (secondary N) is 1. The molecule has 1 N–H and O–H groups in total. The Morgan fingerprint density at radius 2 is 1.88 bits per heavy atom. The van der Waals surface area contributed by atoms with Gasteiger partial charge in [0.15, 0.2) is 0 Å². The Bertz CT molecular complexity index is 311. The molecule has 0 bridgehead atoms. The van der Waals surface area contributed by atoms with Crippen LogP contribution in [0.5, 0.6) is 0 Å². The molecule has 17 heavy (non-hydrogen) atoms. The molecule has 0 aliphatic heterocycles. The van der Waals surface area contributed by atoms with Crippen LogP contribution in [-0.4, -0.2) is 23.6 Å². The van der Waals surface area contributed by atoms with Crippen molar-refractivity contribution in [2.45, 2.75) is 38.5 Å². The van der Waals surface area contributed by atoms with Gasteiger partial charge in [0.2, 0.25) is 0 Å². The van der Waals surface area contributed by atoms with Crippen LogP contribution in [0.4, 0.5) is 4.39 Å². The minimum Gasteiger partial charge on any atom is -0.313 e. The second-order valence-electron chi connectivity index (χ2n) is 4.47. The monoisotopic (exact) mass is 255 g/mol. The van der Waals surface area contributed by atoms with E-state index in [2.05, 4.69) is 26.1 Å². The fourth-order valence-electron chi connectivity index (χ4n) is 1.69. The minimum atomic E-state index is -0.162. The second-order valence-corrected chi connectivity index (χ2v) is 6.08. The highest BCUT2D eigenvalue weighted by Gasteiger charge is 2.09. The predicted octanol–water partition coefficient (Wildman–Crippen LogP) is 3.49. The van der Waals surface area contributed by atoms with Crippen molar-refractivity contribution in [3.05, 3.63) is 35.6 Å². The molecule has 0 saturated carbocycles. The molecule has 96 valence electrons. The average Bonchev–Trinajstić information content (AvgIpc) is 2.29. The molecule has 1 aromatic carbocycles. The molecule has 3 heteroatoms. The van der Waals surface area contributed by atoms with E-state index in [9.17, 15) is 4.39 Å². The normalized spacial score (nSPS) is 13.0. The summed E-state index contributed by atoms with van der Waals surface area (Å²) in [6.45, 7) is 7.53. The quantitative estimate of drug-likeness (QED) is 0.800. The zero-order valence-corrected chi connectivity index (χ0v) is 11.7. The molecule has 1 atom stereocenters. The molecule has 0 aliphatic carbocycles. The second kappa shape index (κ2) is 7.72. The van der Waals surface area contributed by atoms with Gasteiger partial charge in [-0.2, -0.15) is 11.8 Å². The van der Waals surface area contributed by atoms with Crippen LogP contribution in [0.2, 0.25) is 0 Å². The molecule has 1 unspecified atom stereocenters. The van der Waals surface area contributed by atoms with E-state index in [4.69, 9.17) is 0 Å². The maximum absolute atomic E-state index is 12.8.